The van der Waals surface area contributed by atoms with Gasteiger partial charge in [-0.1, -0.05) is 78.9 Å². The summed E-state index contributed by atoms with van der Waals surface area (Å²) in [7, 11) is -3.85. The fraction of sp³-hybridized carbons (Fsp3) is 0.192. The number of benzene rings is 3. The van der Waals surface area contributed by atoms with Gasteiger partial charge in [-0.3, -0.25) is 4.79 Å². The van der Waals surface area contributed by atoms with E-state index < -0.39 is 22.0 Å². The fourth-order valence-corrected chi connectivity index (χ4v) is 6.04. The maximum Gasteiger partial charge on any atom is 0.305 e. The zero-order chi connectivity index (χ0) is 22.6. The largest absolute Gasteiger partial charge is 0.481 e. The standard InChI is InChI=1S/C26H25NO4S/c28-25(29)19-24-23(17-10-18-27(24)32(30,31)22-15-8-3-9-16-22)26(20-11-4-1-5-12-20)21-13-6-2-7-14-21/h1-9,11-16,24H,10,17-19H2,(H,28,29). The fourth-order valence-electron chi connectivity index (χ4n) is 4.37. The van der Waals surface area contributed by atoms with Crippen molar-refractivity contribution in [1.29, 1.82) is 0 Å². The Kier molecular flexibility index (Phi) is 6.53. The van der Waals surface area contributed by atoms with Crippen LogP contribution >= 0.6 is 0 Å². The topological polar surface area (TPSA) is 74.7 Å². The second-order valence-corrected chi connectivity index (χ2v) is 9.67. The van der Waals surface area contributed by atoms with E-state index in [1.54, 1.807) is 30.3 Å². The van der Waals surface area contributed by atoms with Gasteiger partial charge in [-0.25, -0.2) is 8.42 Å². The van der Waals surface area contributed by atoms with Gasteiger partial charge in [0.1, 0.15) is 0 Å². The van der Waals surface area contributed by atoms with E-state index in [0.29, 0.717) is 12.8 Å². The Morgan fingerprint density at radius 3 is 1.84 bits per heavy atom. The third-order valence-corrected chi connectivity index (χ3v) is 7.66. The van der Waals surface area contributed by atoms with E-state index in [2.05, 4.69) is 0 Å². The Bertz CT molecular complexity index is 1160. The highest BCUT2D eigenvalue weighted by Gasteiger charge is 2.38. The first kappa shape index (κ1) is 22.0. The number of carboxylic acids is 1. The molecule has 0 radical (unpaired) electrons. The molecule has 1 unspecified atom stereocenters. The third kappa shape index (κ3) is 4.52. The normalized spacial score (nSPS) is 17.1. The Labute approximate surface area is 188 Å². The van der Waals surface area contributed by atoms with Gasteiger partial charge < -0.3 is 5.11 Å². The molecule has 1 saturated heterocycles. The van der Waals surface area contributed by atoms with Crippen molar-refractivity contribution in [2.24, 2.45) is 0 Å². The smallest absolute Gasteiger partial charge is 0.305 e. The molecule has 32 heavy (non-hydrogen) atoms. The van der Waals surface area contributed by atoms with Crippen LogP contribution in [0.3, 0.4) is 0 Å². The summed E-state index contributed by atoms with van der Waals surface area (Å²) in [4.78, 5) is 12.1. The average molecular weight is 448 g/mol. The van der Waals surface area contributed by atoms with Gasteiger partial charge in [0.2, 0.25) is 10.0 Å². The predicted molar refractivity (Wildman–Crippen MR) is 125 cm³/mol. The van der Waals surface area contributed by atoms with E-state index in [1.165, 1.54) is 4.31 Å². The highest BCUT2D eigenvalue weighted by Crippen LogP contribution is 2.38. The molecule has 164 valence electrons. The second kappa shape index (κ2) is 9.51. The van der Waals surface area contributed by atoms with Crippen molar-refractivity contribution in [2.75, 3.05) is 6.54 Å². The van der Waals surface area contributed by atoms with E-state index in [-0.39, 0.29) is 17.9 Å². The molecule has 1 N–H and O–H groups in total. The number of rotatable bonds is 6. The van der Waals surface area contributed by atoms with Crippen molar-refractivity contribution in [3.05, 3.63) is 108 Å². The number of piperidine rings is 1. The molecule has 1 aliphatic rings. The first-order valence-electron chi connectivity index (χ1n) is 10.6. The van der Waals surface area contributed by atoms with Crippen LogP contribution in [0.5, 0.6) is 0 Å². The first-order chi connectivity index (χ1) is 15.5. The molecule has 0 aromatic heterocycles. The number of hydrogen-bond acceptors (Lipinski definition) is 3. The highest BCUT2D eigenvalue weighted by atomic mass is 32.2. The molecule has 1 fully saturated rings. The number of carbonyl (C=O) groups is 1. The third-order valence-electron chi connectivity index (χ3n) is 5.74. The van der Waals surface area contributed by atoms with Crippen molar-refractivity contribution < 1.29 is 18.3 Å². The molecule has 3 aromatic carbocycles. The number of hydrogen-bond donors (Lipinski definition) is 1. The van der Waals surface area contributed by atoms with Crippen molar-refractivity contribution in [3.8, 4) is 0 Å². The van der Waals surface area contributed by atoms with Crippen molar-refractivity contribution in [1.82, 2.24) is 4.31 Å². The number of aliphatic carboxylic acids is 1. The van der Waals surface area contributed by atoms with Crippen LogP contribution in [0.1, 0.15) is 30.4 Å². The zero-order valence-corrected chi connectivity index (χ0v) is 18.4. The van der Waals surface area contributed by atoms with Gasteiger partial charge in [0.15, 0.2) is 0 Å². The summed E-state index contributed by atoms with van der Waals surface area (Å²) in [6, 6.07) is 27.0. The summed E-state index contributed by atoms with van der Waals surface area (Å²) >= 11 is 0. The Balaban J connectivity index is 1.92. The lowest BCUT2D eigenvalue weighted by Gasteiger charge is -2.37. The first-order valence-corrected chi connectivity index (χ1v) is 12.0. The molecular formula is C26H25NO4S. The number of carboxylic acid groups (broad SMARTS) is 1. The van der Waals surface area contributed by atoms with Crippen LogP contribution in [0.25, 0.3) is 5.57 Å². The lowest BCUT2D eigenvalue weighted by atomic mass is 9.84. The molecule has 0 aliphatic carbocycles. The molecule has 4 rings (SSSR count). The lowest BCUT2D eigenvalue weighted by Crippen LogP contribution is -2.46. The summed E-state index contributed by atoms with van der Waals surface area (Å²) < 4.78 is 28.4. The van der Waals surface area contributed by atoms with Gasteiger partial charge >= 0.3 is 5.97 Å². The Hall–Kier alpha value is -3.22. The highest BCUT2D eigenvalue weighted by molar-refractivity contribution is 7.89. The van der Waals surface area contributed by atoms with Gasteiger partial charge in [0.05, 0.1) is 17.4 Å². The quantitative estimate of drug-likeness (QED) is 0.588. The van der Waals surface area contributed by atoms with Crippen LogP contribution in [-0.4, -0.2) is 36.4 Å². The van der Waals surface area contributed by atoms with Gasteiger partial charge in [0.25, 0.3) is 0 Å². The lowest BCUT2D eigenvalue weighted by molar-refractivity contribution is -0.137. The molecule has 3 aromatic rings. The SMILES string of the molecule is O=C(O)CC1C(=C(c2ccccc2)c2ccccc2)CCCN1S(=O)(=O)c1ccccc1. The van der Waals surface area contributed by atoms with E-state index >= 15 is 0 Å². The summed E-state index contributed by atoms with van der Waals surface area (Å²) in [5.74, 6) is -1.02. The number of sulfonamides is 1. The molecular weight excluding hydrogens is 422 g/mol. The predicted octanol–water partition coefficient (Wildman–Crippen LogP) is 4.82. The summed E-state index contributed by atoms with van der Waals surface area (Å²) in [6.45, 7) is 0.287. The average Bonchev–Trinajstić information content (AvgIpc) is 2.82. The maximum atomic E-state index is 13.5. The molecule has 0 spiro atoms. The molecule has 0 amide bonds. The van der Waals surface area contributed by atoms with E-state index in [4.69, 9.17) is 0 Å². The van der Waals surface area contributed by atoms with Crippen molar-refractivity contribution in [2.45, 2.75) is 30.2 Å². The van der Waals surface area contributed by atoms with Gasteiger partial charge in [-0.2, -0.15) is 4.31 Å². The van der Waals surface area contributed by atoms with Crippen LogP contribution in [0.2, 0.25) is 0 Å². The zero-order valence-electron chi connectivity index (χ0n) is 17.6. The van der Waals surface area contributed by atoms with Crippen LogP contribution in [-0.2, 0) is 14.8 Å². The summed E-state index contributed by atoms with van der Waals surface area (Å²) in [6.07, 6.45) is 0.975. The molecule has 1 aliphatic heterocycles. The molecule has 0 bridgehead atoms. The van der Waals surface area contributed by atoms with E-state index in [0.717, 1.165) is 22.3 Å². The second-order valence-electron chi connectivity index (χ2n) is 7.78. The number of nitrogens with zero attached hydrogens (tertiary/aromatic N) is 1. The minimum absolute atomic E-state index is 0.178. The molecule has 1 atom stereocenters. The van der Waals surface area contributed by atoms with Crippen molar-refractivity contribution >= 4 is 21.6 Å². The molecule has 6 heteroatoms. The van der Waals surface area contributed by atoms with Crippen LogP contribution in [0.4, 0.5) is 0 Å². The maximum absolute atomic E-state index is 13.5. The van der Waals surface area contributed by atoms with Crippen LogP contribution in [0.15, 0.2) is 101 Å². The van der Waals surface area contributed by atoms with E-state index in [1.807, 2.05) is 60.7 Å². The summed E-state index contributed by atoms with van der Waals surface area (Å²) in [5, 5.41) is 9.72. The minimum Gasteiger partial charge on any atom is -0.481 e. The molecule has 1 heterocycles. The van der Waals surface area contributed by atoms with Crippen LogP contribution in [0, 0.1) is 0 Å². The summed E-state index contributed by atoms with van der Waals surface area (Å²) in [5.41, 5.74) is 3.65. The molecule has 5 nitrogen and oxygen atoms in total. The molecule has 0 saturated carbocycles. The van der Waals surface area contributed by atoms with E-state index in [9.17, 15) is 18.3 Å². The monoisotopic (exact) mass is 447 g/mol. The Morgan fingerprint density at radius 2 is 1.34 bits per heavy atom. The van der Waals surface area contributed by atoms with Crippen molar-refractivity contribution in [3.63, 3.8) is 0 Å². The van der Waals surface area contributed by atoms with Gasteiger partial charge in [-0.15, -0.1) is 0 Å². The Morgan fingerprint density at radius 1 is 0.844 bits per heavy atom. The van der Waals surface area contributed by atoms with Gasteiger partial charge in [0, 0.05) is 6.54 Å². The van der Waals surface area contributed by atoms with Crippen LogP contribution < -0.4 is 0 Å². The minimum atomic E-state index is -3.85. The van der Waals surface area contributed by atoms with Gasteiger partial charge in [-0.05, 0) is 47.2 Å².